The van der Waals surface area contributed by atoms with E-state index in [4.69, 9.17) is 4.42 Å². The van der Waals surface area contributed by atoms with Gasteiger partial charge in [-0.25, -0.2) is 0 Å². The van der Waals surface area contributed by atoms with Crippen LogP contribution in [0.1, 0.15) is 52.1 Å². The molecule has 2 atom stereocenters. The van der Waals surface area contributed by atoms with Crippen LogP contribution in [-0.2, 0) is 0 Å². The van der Waals surface area contributed by atoms with Crippen molar-refractivity contribution in [2.24, 2.45) is 0 Å². The van der Waals surface area contributed by atoms with Gasteiger partial charge in [-0.1, -0.05) is 11.6 Å². The second-order valence-corrected chi connectivity index (χ2v) is 4.70. The Morgan fingerprint density at radius 2 is 2.19 bits per heavy atom. The van der Waals surface area contributed by atoms with Gasteiger partial charge in [0.05, 0.1) is 12.5 Å². The predicted molar refractivity (Wildman–Crippen MR) is 68.4 cm³/mol. The van der Waals surface area contributed by atoms with Gasteiger partial charge in [-0.2, -0.15) is 0 Å². The number of furan rings is 1. The van der Waals surface area contributed by atoms with E-state index in [-0.39, 0.29) is 0 Å². The number of rotatable bonds is 6. The summed E-state index contributed by atoms with van der Waals surface area (Å²) in [7, 11) is 0. The summed E-state index contributed by atoms with van der Waals surface area (Å²) in [6, 6.07) is 2.90. The number of nitrogens with one attached hydrogen (secondary N) is 1. The van der Waals surface area contributed by atoms with Crippen LogP contribution in [0.5, 0.6) is 0 Å². The lowest BCUT2D eigenvalue weighted by Gasteiger charge is -2.18. The number of hydrogen-bond acceptors (Lipinski definition) is 2. The van der Waals surface area contributed by atoms with Crippen molar-refractivity contribution in [2.45, 2.75) is 52.6 Å². The molecule has 1 heterocycles. The minimum Gasteiger partial charge on any atom is -0.472 e. The Labute approximate surface area is 98.7 Å². The molecule has 2 unspecified atom stereocenters. The van der Waals surface area contributed by atoms with E-state index in [1.165, 1.54) is 17.6 Å². The van der Waals surface area contributed by atoms with Gasteiger partial charge in [-0.15, -0.1) is 0 Å². The average Bonchev–Trinajstić information content (AvgIpc) is 2.69. The van der Waals surface area contributed by atoms with Gasteiger partial charge in [0, 0.05) is 17.6 Å². The van der Waals surface area contributed by atoms with Crippen LogP contribution in [-0.4, -0.2) is 6.04 Å². The molecule has 0 amide bonds. The van der Waals surface area contributed by atoms with Crippen molar-refractivity contribution in [1.29, 1.82) is 0 Å². The topological polar surface area (TPSA) is 25.2 Å². The van der Waals surface area contributed by atoms with Gasteiger partial charge < -0.3 is 9.73 Å². The van der Waals surface area contributed by atoms with E-state index in [0.717, 1.165) is 6.42 Å². The highest BCUT2D eigenvalue weighted by Crippen LogP contribution is 2.14. The van der Waals surface area contributed by atoms with E-state index in [0.29, 0.717) is 12.1 Å². The fourth-order valence-electron chi connectivity index (χ4n) is 1.75. The molecule has 0 aliphatic rings. The Morgan fingerprint density at radius 1 is 1.44 bits per heavy atom. The fourth-order valence-corrected chi connectivity index (χ4v) is 1.75. The third-order valence-corrected chi connectivity index (χ3v) is 2.73. The Hall–Kier alpha value is -1.02. The zero-order valence-corrected chi connectivity index (χ0v) is 10.8. The molecule has 0 spiro atoms. The van der Waals surface area contributed by atoms with Gasteiger partial charge in [-0.05, 0) is 46.6 Å². The molecule has 0 radical (unpaired) electrons. The van der Waals surface area contributed by atoms with Crippen LogP contribution in [0.3, 0.4) is 0 Å². The molecule has 1 N–H and O–H groups in total. The van der Waals surface area contributed by atoms with Crippen LogP contribution in [0.2, 0.25) is 0 Å². The molecular weight excluding hydrogens is 198 g/mol. The van der Waals surface area contributed by atoms with E-state index in [9.17, 15) is 0 Å². The zero-order chi connectivity index (χ0) is 12.0. The molecule has 90 valence electrons. The van der Waals surface area contributed by atoms with Crippen molar-refractivity contribution in [3.63, 3.8) is 0 Å². The molecule has 0 aliphatic carbocycles. The summed E-state index contributed by atoms with van der Waals surface area (Å²) in [6.45, 7) is 8.69. The van der Waals surface area contributed by atoms with E-state index < -0.39 is 0 Å². The quantitative estimate of drug-likeness (QED) is 0.733. The van der Waals surface area contributed by atoms with E-state index >= 15 is 0 Å². The van der Waals surface area contributed by atoms with E-state index in [1.807, 2.05) is 6.07 Å². The zero-order valence-electron chi connectivity index (χ0n) is 10.8. The van der Waals surface area contributed by atoms with Crippen LogP contribution < -0.4 is 5.32 Å². The van der Waals surface area contributed by atoms with Crippen molar-refractivity contribution in [2.75, 3.05) is 0 Å². The third-order valence-electron chi connectivity index (χ3n) is 2.73. The molecule has 2 heteroatoms. The number of hydrogen-bond donors (Lipinski definition) is 1. The summed E-state index contributed by atoms with van der Waals surface area (Å²) in [5, 5.41) is 3.57. The van der Waals surface area contributed by atoms with Gasteiger partial charge in [0.25, 0.3) is 0 Å². The molecule has 1 aromatic rings. The van der Waals surface area contributed by atoms with Gasteiger partial charge in [0.1, 0.15) is 0 Å². The third kappa shape index (κ3) is 4.67. The van der Waals surface area contributed by atoms with Crippen LogP contribution in [0.15, 0.2) is 34.7 Å². The monoisotopic (exact) mass is 221 g/mol. The van der Waals surface area contributed by atoms with Crippen LogP contribution in [0.25, 0.3) is 0 Å². The lowest BCUT2D eigenvalue weighted by atomic mass is 10.1. The average molecular weight is 221 g/mol. The SMILES string of the molecule is CC(C)=CCCC(C)NC(C)c1ccoc1. The molecule has 2 nitrogen and oxygen atoms in total. The smallest absolute Gasteiger partial charge is 0.0950 e. The molecule has 16 heavy (non-hydrogen) atoms. The highest BCUT2D eigenvalue weighted by atomic mass is 16.3. The first-order valence-electron chi connectivity index (χ1n) is 6.01. The van der Waals surface area contributed by atoms with Crippen molar-refractivity contribution in [3.05, 3.63) is 35.8 Å². The van der Waals surface area contributed by atoms with Gasteiger partial charge in [-0.3, -0.25) is 0 Å². The summed E-state index contributed by atoms with van der Waals surface area (Å²) in [5.41, 5.74) is 2.61. The van der Waals surface area contributed by atoms with Gasteiger partial charge in [0.15, 0.2) is 0 Å². The molecule has 1 aromatic heterocycles. The van der Waals surface area contributed by atoms with Crippen molar-refractivity contribution < 1.29 is 4.42 Å². The summed E-state index contributed by atoms with van der Waals surface area (Å²) in [6.07, 6.45) is 8.14. The normalized spacial score (nSPS) is 14.5. The van der Waals surface area contributed by atoms with E-state index in [1.54, 1.807) is 12.5 Å². The van der Waals surface area contributed by atoms with Crippen LogP contribution >= 0.6 is 0 Å². The fraction of sp³-hybridized carbons (Fsp3) is 0.571. The standard InChI is InChI=1S/C14H23NO/c1-11(2)6-5-7-12(3)15-13(4)14-8-9-16-10-14/h6,8-10,12-13,15H,5,7H2,1-4H3. The Morgan fingerprint density at radius 3 is 2.75 bits per heavy atom. The molecule has 0 fully saturated rings. The summed E-state index contributed by atoms with van der Waals surface area (Å²) < 4.78 is 5.08. The first-order chi connectivity index (χ1) is 7.59. The highest BCUT2D eigenvalue weighted by Gasteiger charge is 2.09. The van der Waals surface area contributed by atoms with Gasteiger partial charge >= 0.3 is 0 Å². The summed E-state index contributed by atoms with van der Waals surface area (Å²) in [4.78, 5) is 0. The van der Waals surface area contributed by atoms with E-state index in [2.05, 4.69) is 39.1 Å². The second-order valence-electron chi connectivity index (χ2n) is 4.70. The van der Waals surface area contributed by atoms with Crippen LogP contribution in [0, 0.1) is 0 Å². The molecule has 0 saturated carbocycles. The highest BCUT2D eigenvalue weighted by molar-refractivity contribution is 5.10. The molecule has 0 aliphatic heterocycles. The number of allylic oxidation sites excluding steroid dienone is 2. The lowest BCUT2D eigenvalue weighted by Crippen LogP contribution is -2.28. The molecular formula is C14H23NO. The van der Waals surface area contributed by atoms with Gasteiger partial charge in [0.2, 0.25) is 0 Å². The Balaban J connectivity index is 2.29. The minimum absolute atomic E-state index is 0.362. The van der Waals surface area contributed by atoms with Crippen molar-refractivity contribution >= 4 is 0 Å². The maximum Gasteiger partial charge on any atom is 0.0950 e. The van der Waals surface area contributed by atoms with Crippen LogP contribution in [0.4, 0.5) is 0 Å². The summed E-state index contributed by atoms with van der Waals surface area (Å²) in [5.74, 6) is 0. The largest absolute Gasteiger partial charge is 0.472 e. The molecule has 0 saturated heterocycles. The second kappa shape index (κ2) is 6.54. The molecule has 0 bridgehead atoms. The summed E-state index contributed by atoms with van der Waals surface area (Å²) >= 11 is 0. The van der Waals surface area contributed by atoms with Crippen molar-refractivity contribution in [1.82, 2.24) is 5.32 Å². The first kappa shape index (κ1) is 13.0. The first-order valence-corrected chi connectivity index (χ1v) is 6.01. The maximum atomic E-state index is 5.08. The molecule has 0 aromatic carbocycles. The lowest BCUT2D eigenvalue weighted by molar-refractivity contribution is 0.454. The Kier molecular flexibility index (Phi) is 5.33. The predicted octanol–water partition coefficient (Wildman–Crippen LogP) is 4.07. The maximum absolute atomic E-state index is 5.08. The Bertz CT molecular complexity index is 309. The molecule has 1 rings (SSSR count). The van der Waals surface area contributed by atoms with Crippen molar-refractivity contribution in [3.8, 4) is 0 Å². The minimum atomic E-state index is 0.362.